The fraction of sp³-hybridized carbons (Fsp3) is 0.600. The number of nitrogens with one attached hydrogen (secondary N) is 1. The zero-order chi connectivity index (χ0) is 7.07. The van der Waals surface area contributed by atoms with Gasteiger partial charge in [0.05, 0.1) is 0 Å². The maximum atomic E-state index is 10.9. The molecule has 1 N–H and O–H groups in total. The van der Waals surface area contributed by atoms with Crippen LogP contribution in [0.2, 0.25) is 0 Å². The Kier molecular flexibility index (Phi) is 1.52. The van der Waals surface area contributed by atoms with Gasteiger partial charge in [-0.2, -0.15) is 0 Å². The lowest BCUT2D eigenvalue weighted by Crippen LogP contribution is -2.39. The lowest BCUT2D eigenvalue weighted by Gasteiger charge is -2.13. The molecule has 0 aliphatic carbocycles. The van der Waals surface area contributed by atoms with Crippen LogP contribution in [0.15, 0.2) is 0 Å². The Balaban J connectivity index is 2.81. The average Bonchev–Trinajstić information content (AvgIpc) is 1.79. The minimum Gasteiger partial charge on any atom is -0.358 e. The van der Waals surface area contributed by atoms with Gasteiger partial charge in [0, 0.05) is 0 Å². The maximum absolute atomic E-state index is 10.9. The van der Waals surface area contributed by atoms with E-state index < -0.39 is 5.54 Å². The number of hydrogen-bond acceptors (Lipinski definition) is 3. The summed E-state index contributed by atoms with van der Waals surface area (Å²) >= 11 is 5.88. The molecule has 0 aromatic heterocycles. The van der Waals surface area contributed by atoms with E-state index in [2.05, 4.69) is 5.32 Å². The van der Waals surface area contributed by atoms with Gasteiger partial charge in [-0.1, -0.05) is 12.2 Å². The van der Waals surface area contributed by atoms with Crippen molar-refractivity contribution in [1.29, 1.82) is 0 Å². The summed E-state index contributed by atoms with van der Waals surface area (Å²) in [6, 6.07) is 0. The normalized spacial score (nSPS) is 24.2. The van der Waals surface area contributed by atoms with Crippen molar-refractivity contribution in [2.45, 2.75) is 19.4 Å². The van der Waals surface area contributed by atoms with Gasteiger partial charge >= 0.3 is 0 Å². The predicted molar refractivity (Wildman–Crippen MR) is 42.4 cm³/mol. The molecule has 0 atom stereocenters. The Morgan fingerprint density at radius 2 is 2.22 bits per heavy atom. The molecule has 0 amide bonds. The average molecular weight is 161 g/mol. The van der Waals surface area contributed by atoms with Gasteiger partial charge in [0.25, 0.3) is 0 Å². The third-order valence-electron chi connectivity index (χ3n) is 1.11. The summed E-state index contributed by atoms with van der Waals surface area (Å²) < 4.78 is 0.588. The topological polar surface area (TPSA) is 29.1 Å². The number of hydrogen-bond donors (Lipinski definition) is 1. The molecule has 4 heteroatoms. The number of thioether (sulfide) groups is 1. The minimum atomic E-state index is -0.443. The van der Waals surface area contributed by atoms with Gasteiger partial charge in [0.1, 0.15) is 9.86 Å². The first-order chi connectivity index (χ1) is 4.02. The van der Waals surface area contributed by atoms with Gasteiger partial charge < -0.3 is 5.32 Å². The standard InChI is InChI=1S/C5H7NOS2/c1-5(2)3(7)9-4(8)6-5/h1-2H3,(H,6,8). The van der Waals surface area contributed by atoms with E-state index in [1.165, 1.54) is 0 Å². The van der Waals surface area contributed by atoms with Crippen molar-refractivity contribution in [3.05, 3.63) is 0 Å². The molecule has 1 aliphatic heterocycles. The Hall–Kier alpha value is -0.0900. The molecule has 1 saturated heterocycles. The molecule has 1 aliphatic rings. The predicted octanol–water partition coefficient (Wildman–Crippen LogP) is 0.913. The van der Waals surface area contributed by atoms with Crippen molar-refractivity contribution in [3.8, 4) is 0 Å². The third-order valence-corrected chi connectivity index (χ3v) is 2.45. The van der Waals surface area contributed by atoms with Crippen molar-refractivity contribution in [1.82, 2.24) is 5.32 Å². The second kappa shape index (κ2) is 1.95. The first-order valence-corrected chi connectivity index (χ1v) is 3.79. The van der Waals surface area contributed by atoms with Gasteiger partial charge in [0.2, 0.25) is 5.12 Å². The Labute approximate surface area is 63.4 Å². The van der Waals surface area contributed by atoms with Crippen LogP contribution in [0, 0.1) is 0 Å². The highest BCUT2D eigenvalue weighted by atomic mass is 32.2. The summed E-state index contributed by atoms with van der Waals surface area (Å²) in [5.74, 6) is 0. The highest BCUT2D eigenvalue weighted by Gasteiger charge is 2.36. The molecule has 0 radical (unpaired) electrons. The second-order valence-electron chi connectivity index (χ2n) is 2.43. The van der Waals surface area contributed by atoms with Crippen molar-refractivity contribution in [2.24, 2.45) is 0 Å². The number of thiocarbonyl (C=S) groups is 1. The zero-order valence-corrected chi connectivity index (χ0v) is 6.86. The van der Waals surface area contributed by atoms with Crippen molar-refractivity contribution < 1.29 is 4.79 Å². The van der Waals surface area contributed by atoms with Gasteiger partial charge in [-0.15, -0.1) is 0 Å². The van der Waals surface area contributed by atoms with Crippen LogP contribution in [0.1, 0.15) is 13.8 Å². The fourth-order valence-electron chi connectivity index (χ4n) is 0.543. The molecule has 0 bridgehead atoms. The molecule has 1 fully saturated rings. The molecule has 9 heavy (non-hydrogen) atoms. The van der Waals surface area contributed by atoms with Crippen LogP contribution in [0.4, 0.5) is 0 Å². The van der Waals surface area contributed by atoms with Crippen LogP contribution in [-0.4, -0.2) is 15.0 Å². The van der Waals surface area contributed by atoms with E-state index >= 15 is 0 Å². The number of carbonyl (C=O) groups is 1. The first kappa shape index (κ1) is 7.02. The molecule has 1 heterocycles. The van der Waals surface area contributed by atoms with E-state index in [1.54, 1.807) is 0 Å². The second-order valence-corrected chi connectivity index (χ2v) is 4.08. The zero-order valence-electron chi connectivity index (χ0n) is 5.22. The van der Waals surface area contributed by atoms with Crippen LogP contribution < -0.4 is 5.32 Å². The molecular formula is C5H7NOS2. The number of carbonyl (C=O) groups excluding carboxylic acids is 1. The molecule has 0 saturated carbocycles. The van der Waals surface area contributed by atoms with Gasteiger partial charge in [0.15, 0.2) is 0 Å². The van der Waals surface area contributed by atoms with Crippen LogP contribution in [0.5, 0.6) is 0 Å². The quantitative estimate of drug-likeness (QED) is 0.535. The Morgan fingerprint density at radius 1 is 1.67 bits per heavy atom. The highest BCUT2D eigenvalue weighted by Crippen LogP contribution is 2.23. The monoisotopic (exact) mass is 161 g/mol. The smallest absolute Gasteiger partial charge is 0.220 e. The summed E-state index contributed by atoms with van der Waals surface area (Å²) in [5, 5.41) is 2.99. The van der Waals surface area contributed by atoms with Crippen molar-refractivity contribution >= 4 is 33.4 Å². The molecular weight excluding hydrogens is 154 g/mol. The fourth-order valence-corrected chi connectivity index (χ4v) is 1.81. The molecule has 50 valence electrons. The molecule has 1 rings (SSSR count). The van der Waals surface area contributed by atoms with Gasteiger partial charge in [-0.3, -0.25) is 4.79 Å². The summed E-state index contributed by atoms with van der Waals surface area (Å²) in [6.07, 6.45) is 0. The Morgan fingerprint density at radius 3 is 2.33 bits per heavy atom. The molecule has 0 aromatic carbocycles. The highest BCUT2D eigenvalue weighted by molar-refractivity contribution is 8.33. The third kappa shape index (κ3) is 1.24. The van der Waals surface area contributed by atoms with Gasteiger partial charge in [-0.05, 0) is 25.6 Å². The van der Waals surface area contributed by atoms with E-state index in [0.717, 1.165) is 11.8 Å². The van der Waals surface area contributed by atoms with E-state index in [-0.39, 0.29) is 5.12 Å². The van der Waals surface area contributed by atoms with Crippen molar-refractivity contribution in [2.75, 3.05) is 0 Å². The number of rotatable bonds is 0. The first-order valence-electron chi connectivity index (χ1n) is 2.57. The van der Waals surface area contributed by atoms with E-state index in [9.17, 15) is 4.79 Å². The summed E-state index contributed by atoms with van der Waals surface area (Å²) in [4.78, 5) is 10.9. The van der Waals surface area contributed by atoms with Crippen LogP contribution >= 0.6 is 24.0 Å². The van der Waals surface area contributed by atoms with Crippen LogP contribution in [-0.2, 0) is 4.79 Å². The Bertz CT molecular complexity index is 176. The summed E-state index contributed by atoms with van der Waals surface area (Å²) in [7, 11) is 0. The maximum Gasteiger partial charge on any atom is 0.220 e. The lowest BCUT2D eigenvalue weighted by molar-refractivity contribution is -0.114. The summed E-state index contributed by atoms with van der Waals surface area (Å²) in [5.41, 5.74) is -0.443. The lowest BCUT2D eigenvalue weighted by atomic mass is 10.1. The van der Waals surface area contributed by atoms with Crippen LogP contribution in [0.25, 0.3) is 0 Å². The van der Waals surface area contributed by atoms with Crippen LogP contribution in [0.3, 0.4) is 0 Å². The van der Waals surface area contributed by atoms with Crippen molar-refractivity contribution in [3.63, 3.8) is 0 Å². The van der Waals surface area contributed by atoms with E-state index in [0.29, 0.717) is 4.32 Å². The van der Waals surface area contributed by atoms with Gasteiger partial charge in [-0.25, -0.2) is 0 Å². The summed E-state index contributed by atoms with van der Waals surface area (Å²) in [6.45, 7) is 3.64. The van der Waals surface area contributed by atoms with E-state index in [1.807, 2.05) is 13.8 Å². The molecule has 0 unspecified atom stereocenters. The minimum absolute atomic E-state index is 0.104. The van der Waals surface area contributed by atoms with E-state index in [4.69, 9.17) is 12.2 Å². The largest absolute Gasteiger partial charge is 0.358 e. The SMILES string of the molecule is CC1(C)NC(=S)SC1=O. The molecule has 2 nitrogen and oxygen atoms in total. The molecule has 0 aromatic rings. The molecule has 0 spiro atoms.